The van der Waals surface area contributed by atoms with Gasteiger partial charge in [-0.2, -0.15) is 0 Å². The summed E-state index contributed by atoms with van der Waals surface area (Å²) in [6.45, 7) is 0.296. The van der Waals surface area contributed by atoms with Crippen molar-refractivity contribution in [2.75, 3.05) is 27.8 Å². The highest BCUT2D eigenvalue weighted by molar-refractivity contribution is 7.91. The molecule has 102 valence electrons. The number of ether oxygens (including phenoxy) is 1. The van der Waals surface area contributed by atoms with E-state index < -0.39 is 10.0 Å². The minimum Gasteiger partial charge on any atom is -0.375 e. The first-order chi connectivity index (χ1) is 8.37. The first-order valence-electron chi connectivity index (χ1n) is 5.15. The molecule has 0 unspecified atom stereocenters. The molecule has 1 rings (SSSR count). The molecule has 0 spiro atoms. The normalized spacial score (nSPS) is 11.8. The van der Waals surface area contributed by atoms with Crippen molar-refractivity contribution in [3.8, 4) is 0 Å². The second-order valence-electron chi connectivity index (χ2n) is 3.72. The number of nitrogens with zero attached hydrogens (tertiary/aromatic N) is 1. The number of thiophene rings is 1. The van der Waals surface area contributed by atoms with Crippen LogP contribution >= 0.6 is 11.3 Å². The van der Waals surface area contributed by atoms with Crippen molar-refractivity contribution >= 4 is 27.3 Å². The lowest BCUT2D eigenvalue weighted by molar-refractivity contribution is -0.124. The number of amides is 1. The molecule has 1 aromatic rings. The van der Waals surface area contributed by atoms with Crippen LogP contribution in [-0.4, -0.2) is 46.4 Å². The number of carbonyl (C=O) groups excluding carboxylic acids is 1. The summed E-state index contributed by atoms with van der Waals surface area (Å²) in [6, 6.07) is 3.23. The van der Waals surface area contributed by atoms with Crippen LogP contribution < -0.4 is 5.32 Å². The average Bonchev–Trinajstić information content (AvgIpc) is 2.75. The molecular weight excluding hydrogens is 276 g/mol. The smallest absolute Gasteiger partial charge is 0.252 e. The molecule has 0 saturated heterocycles. The quantitative estimate of drug-likeness (QED) is 0.816. The molecule has 1 heterocycles. The molecule has 1 N–H and O–H groups in total. The molecule has 0 bridgehead atoms. The zero-order valence-corrected chi connectivity index (χ0v) is 12.1. The lowest BCUT2D eigenvalue weighted by atomic mass is 10.4. The van der Waals surface area contributed by atoms with Crippen molar-refractivity contribution in [1.82, 2.24) is 9.62 Å². The standard InChI is InChI=1S/C10H16N2O4S2/c1-12(2)18(14,15)10-5-4-8(17-10)6-11-9(13)7-16-3/h4-5H,6-7H2,1-3H3,(H,11,13). The number of sulfonamides is 1. The predicted octanol–water partition coefficient (Wildman–Crippen LogP) is 0.261. The predicted molar refractivity (Wildman–Crippen MR) is 68.9 cm³/mol. The fraction of sp³-hybridized carbons (Fsp3) is 0.500. The van der Waals surface area contributed by atoms with E-state index in [1.54, 1.807) is 6.07 Å². The fourth-order valence-electron chi connectivity index (χ4n) is 1.14. The van der Waals surface area contributed by atoms with Gasteiger partial charge in [0.2, 0.25) is 5.91 Å². The third kappa shape index (κ3) is 3.77. The van der Waals surface area contributed by atoms with Gasteiger partial charge in [-0.05, 0) is 12.1 Å². The maximum absolute atomic E-state index is 11.8. The van der Waals surface area contributed by atoms with E-state index in [4.69, 9.17) is 0 Å². The third-order valence-corrected chi connectivity index (χ3v) is 5.47. The molecule has 0 fully saturated rings. The Morgan fingerprint density at radius 3 is 2.67 bits per heavy atom. The Labute approximate surface area is 111 Å². The molecule has 0 atom stereocenters. The van der Waals surface area contributed by atoms with Gasteiger partial charge in [-0.3, -0.25) is 4.79 Å². The van der Waals surface area contributed by atoms with Crippen molar-refractivity contribution < 1.29 is 17.9 Å². The minimum absolute atomic E-state index is 0.00573. The molecule has 1 aromatic heterocycles. The summed E-state index contributed by atoms with van der Waals surface area (Å²) in [5.41, 5.74) is 0. The van der Waals surface area contributed by atoms with Crippen LogP contribution in [0, 0.1) is 0 Å². The van der Waals surface area contributed by atoms with Gasteiger partial charge in [0, 0.05) is 26.1 Å². The first-order valence-corrected chi connectivity index (χ1v) is 7.40. The number of rotatable bonds is 6. The molecule has 0 aliphatic rings. The Balaban J connectivity index is 2.68. The van der Waals surface area contributed by atoms with Crippen LogP contribution in [0.25, 0.3) is 0 Å². The van der Waals surface area contributed by atoms with Crippen LogP contribution in [0.3, 0.4) is 0 Å². The van der Waals surface area contributed by atoms with Crippen molar-refractivity contribution in [1.29, 1.82) is 0 Å². The van der Waals surface area contributed by atoms with Gasteiger partial charge in [-0.15, -0.1) is 11.3 Å². The Morgan fingerprint density at radius 1 is 1.44 bits per heavy atom. The van der Waals surface area contributed by atoms with Gasteiger partial charge in [0.25, 0.3) is 10.0 Å². The molecular formula is C10H16N2O4S2. The molecule has 18 heavy (non-hydrogen) atoms. The number of hydrogen-bond acceptors (Lipinski definition) is 5. The molecule has 6 nitrogen and oxygen atoms in total. The molecule has 0 aliphatic heterocycles. The minimum atomic E-state index is -3.39. The Kier molecular flexibility index (Phi) is 5.27. The van der Waals surface area contributed by atoms with Gasteiger partial charge >= 0.3 is 0 Å². The van der Waals surface area contributed by atoms with E-state index in [-0.39, 0.29) is 16.7 Å². The molecule has 1 amide bonds. The summed E-state index contributed by atoms with van der Waals surface area (Å²) in [5.74, 6) is -0.233. The fourth-order valence-corrected chi connectivity index (χ4v) is 3.60. The summed E-state index contributed by atoms with van der Waals surface area (Å²) < 4.78 is 29.7. The van der Waals surface area contributed by atoms with Crippen LogP contribution in [0.15, 0.2) is 16.3 Å². The summed E-state index contributed by atoms with van der Waals surface area (Å²) in [6.07, 6.45) is 0. The maximum Gasteiger partial charge on any atom is 0.252 e. The third-order valence-electron chi connectivity index (χ3n) is 2.11. The molecule has 0 aliphatic carbocycles. The highest BCUT2D eigenvalue weighted by atomic mass is 32.2. The number of methoxy groups -OCH3 is 1. The Hall–Kier alpha value is -0.960. The summed E-state index contributed by atoms with van der Waals surface area (Å²) in [5, 5.41) is 2.63. The van der Waals surface area contributed by atoms with E-state index in [1.807, 2.05) is 0 Å². The van der Waals surface area contributed by atoms with Gasteiger partial charge in [-0.25, -0.2) is 12.7 Å². The monoisotopic (exact) mass is 292 g/mol. The van der Waals surface area contributed by atoms with E-state index in [0.717, 1.165) is 20.5 Å². The number of nitrogens with one attached hydrogen (secondary N) is 1. The summed E-state index contributed by atoms with van der Waals surface area (Å²) >= 11 is 1.14. The van der Waals surface area contributed by atoms with Crippen LogP contribution in [0.2, 0.25) is 0 Å². The lowest BCUT2D eigenvalue weighted by Gasteiger charge is -2.08. The first kappa shape index (κ1) is 15.1. The molecule has 0 aromatic carbocycles. The van der Waals surface area contributed by atoms with E-state index in [0.29, 0.717) is 6.54 Å². The summed E-state index contributed by atoms with van der Waals surface area (Å²) in [4.78, 5) is 11.9. The van der Waals surface area contributed by atoms with Crippen LogP contribution in [-0.2, 0) is 26.1 Å². The van der Waals surface area contributed by atoms with Crippen molar-refractivity contribution in [2.24, 2.45) is 0 Å². The second-order valence-corrected chi connectivity index (χ2v) is 7.26. The van der Waals surface area contributed by atoms with Crippen LogP contribution in [0.5, 0.6) is 0 Å². The Morgan fingerprint density at radius 2 is 2.11 bits per heavy atom. The highest BCUT2D eigenvalue weighted by Gasteiger charge is 2.19. The van der Waals surface area contributed by atoms with E-state index in [2.05, 4.69) is 10.1 Å². The summed E-state index contributed by atoms with van der Waals surface area (Å²) in [7, 11) is 1.01. The Bertz CT molecular complexity index is 508. The van der Waals surface area contributed by atoms with Crippen LogP contribution in [0.4, 0.5) is 0 Å². The lowest BCUT2D eigenvalue weighted by Crippen LogP contribution is -2.26. The van der Waals surface area contributed by atoms with E-state index in [1.165, 1.54) is 27.3 Å². The van der Waals surface area contributed by atoms with Crippen LogP contribution in [0.1, 0.15) is 4.88 Å². The second kappa shape index (κ2) is 6.28. The van der Waals surface area contributed by atoms with Gasteiger partial charge < -0.3 is 10.1 Å². The van der Waals surface area contributed by atoms with Crippen molar-refractivity contribution in [3.05, 3.63) is 17.0 Å². The topological polar surface area (TPSA) is 75.7 Å². The average molecular weight is 292 g/mol. The SMILES string of the molecule is COCC(=O)NCc1ccc(S(=O)(=O)N(C)C)s1. The largest absolute Gasteiger partial charge is 0.375 e. The number of carbonyl (C=O) groups is 1. The van der Waals surface area contributed by atoms with Gasteiger partial charge in [0.05, 0.1) is 6.54 Å². The zero-order chi connectivity index (χ0) is 13.8. The highest BCUT2D eigenvalue weighted by Crippen LogP contribution is 2.23. The van der Waals surface area contributed by atoms with Crippen molar-refractivity contribution in [3.63, 3.8) is 0 Å². The van der Waals surface area contributed by atoms with Gasteiger partial charge in [0.1, 0.15) is 10.8 Å². The van der Waals surface area contributed by atoms with E-state index in [9.17, 15) is 13.2 Å². The van der Waals surface area contributed by atoms with Crippen molar-refractivity contribution in [2.45, 2.75) is 10.8 Å². The maximum atomic E-state index is 11.8. The van der Waals surface area contributed by atoms with Gasteiger partial charge in [0.15, 0.2) is 0 Å². The zero-order valence-electron chi connectivity index (χ0n) is 10.5. The van der Waals surface area contributed by atoms with E-state index >= 15 is 0 Å². The molecule has 0 radical (unpaired) electrons. The van der Waals surface area contributed by atoms with Gasteiger partial charge in [-0.1, -0.05) is 0 Å². The number of hydrogen-bond donors (Lipinski definition) is 1. The molecule has 0 saturated carbocycles. The molecule has 8 heteroatoms.